The van der Waals surface area contributed by atoms with Crippen molar-refractivity contribution in [3.63, 3.8) is 0 Å². The first-order chi connectivity index (χ1) is 15.1. The van der Waals surface area contributed by atoms with E-state index < -0.39 is 72.1 Å². The van der Waals surface area contributed by atoms with E-state index in [0.29, 0.717) is 0 Å². The molecule has 9 N–H and O–H groups in total. The van der Waals surface area contributed by atoms with Gasteiger partial charge >= 0.3 is 11.9 Å². The van der Waals surface area contributed by atoms with Crippen molar-refractivity contribution in [3.05, 3.63) is 0 Å². The van der Waals surface area contributed by atoms with Gasteiger partial charge in [0.1, 0.15) is 18.1 Å². The van der Waals surface area contributed by atoms with Gasteiger partial charge in [-0.3, -0.25) is 24.0 Å². The summed E-state index contributed by atoms with van der Waals surface area (Å²) >= 11 is 0. The van der Waals surface area contributed by atoms with Crippen LogP contribution in [0.1, 0.15) is 53.4 Å². The van der Waals surface area contributed by atoms with Crippen LogP contribution in [0.4, 0.5) is 0 Å². The topological polar surface area (TPSA) is 231 Å². The lowest BCUT2D eigenvalue weighted by Crippen LogP contribution is -2.58. The Morgan fingerprint density at radius 2 is 1.36 bits per heavy atom. The van der Waals surface area contributed by atoms with Gasteiger partial charge in [0.15, 0.2) is 0 Å². The number of nitrogens with two attached hydrogens (primary N) is 2. The molecule has 0 rings (SSSR count). The van der Waals surface area contributed by atoms with Gasteiger partial charge in [-0.05, 0) is 24.7 Å². The number of carbonyl (C=O) groups excluding carboxylic acids is 4. The van der Waals surface area contributed by atoms with E-state index in [1.807, 2.05) is 0 Å². The number of rotatable bonds is 15. The zero-order chi connectivity index (χ0) is 25.9. The summed E-state index contributed by atoms with van der Waals surface area (Å²) in [4.78, 5) is 70.9. The summed E-state index contributed by atoms with van der Waals surface area (Å²) in [5.74, 6) is -6.19. The van der Waals surface area contributed by atoms with Crippen LogP contribution in [-0.4, -0.2) is 69.9 Å². The Hall–Kier alpha value is -3.22. The van der Waals surface area contributed by atoms with Crippen LogP contribution in [0.15, 0.2) is 0 Å². The second-order valence-corrected chi connectivity index (χ2v) is 8.53. The molecule has 0 aliphatic rings. The van der Waals surface area contributed by atoms with Gasteiger partial charge in [-0.25, -0.2) is 4.79 Å². The molecule has 0 aliphatic heterocycles. The maximum absolute atomic E-state index is 12.9. The Morgan fingerprint density at radius 1 is 0.818 bits per heavy atom. The predicted molar refractivity (Wildman–Crippen MR) is 116 cm³/mol. The van der Waals surface area contributed by atoms with Crippen molar-refractivity contribution in [1.82, 2.24) is 16.0 Å². The van der Waals surface area contributed by atoms with Gasteiger partial charge in [0.25, 0.3) is 0 Å². The van der Waals surface area contributed by atoms with Crippen LogP contribution in [0.5, 0.6) is 0 Å². The molecule has 0 aromatic heterocycles. The van der Waals surface area contributed by atoms with Crippen LogP contribution in [0, 0.1) is 11.8 Å². The standard InChI is InChI=1S/C20H35N5O8/c1-9(2)7-13(18(30)23-12(20(32)33)5-6-14(22)26)24-19(31)16(10(3)4)25-17(29)11(21)8-15(27)28/h9-13,16H,5-8,21H2,1-4H3,(H2,22,26)(H,23,30)(H,24,31)(H,25,29)(H,27,28)(H,32,33). The molecule has 0 heterocycles. The van der Waals surface area contributed by atoms with Crippen LogP contribution in [-0.2, 0) is 28.8 Å². The van der Waals surface area contributed by atoms with Gasteiger partial charge in [0, 0.05) is 6.42 Å². The molecule has 33 heavy (non-hydrogen) atoms. The first kappa shape index (κ1) is 29.8. The van der Waals surface area contributed by atoms with E-state index in [1.54, 1.807) is 27.7 Å². The highest BCUT2D eigenvalue weighted by molar-refractivity contribution is 5.94. The third kappa shape index (κ3) is 11.8. The average molecular weight is 474 g/mol. The lowest BCUT2D eigenvalue weighted by molar-refractivity contribution is -0.142. The Morgan fingerprint density at radius 3 is 1.79 bits per heavy atom. The van der Waals surface area contributed by atoms with Gasteiger partial charge in [-0.2, -0.15) is 0 Å². The van der Waals surface area contributed by atoms with Crippen LogP contribution in [0.25, 0.3) is 0 Å². The smallest absolute Gasteiger partial charge is 0.326 e. The van der Waals surface area contributed by atoms with Gasteiger partial charge < -0.3 is 37.6 Å². The van der Waals surface area contributed by atoms with E-state index >= 15 is 0 Å². The highest BCUT2D eigenvalue weighted by Crippen LogP contribution is 2.09. The van der Waals surface area contributed by atoms with Gasteiger partial charge in [0.05, 0.1) is 12.5 Å². The summed E-state index contributed by atoms with van der Waals surface area (Å²) in [5, 5.41) is 25.3. The minimum Gasteiger partial charge on any atom is -0.481 e. The Balaban J connectivity index is 5.45. The monoisotopic (exact) mass is 473 g/mol. The zero-order valence-electron chi connectivity index (χ0n) is 19.3. The fraction of sp³-hybridized carbons (Fsp3) is 0.700. The van der Waals surface area contributed by atoms with Crippen molar-refractivity contribution in [1.29, 1.82) is 0 Å². The largest absolute Gasteiger partial charge is 0.481 e. The van der Waals surface area contributed by atoms with Crippen molar-refractivity contribution in [2.45, 2.75) is 77.5 Å². The zero-order valence-corrected chi connectivity index (χ0v) is 19.3. The molecule has 0 aromatic carbocycles. The van der Waals surface area contributed by atoms with Crippen molar-refractivity contribution in [2.75, 3.05) is 0 Å². The predicted octanol–water partition coefficient (Wildman–Crippen LogP) is -1.70. The third-order valence-electron chi connectivity index (χ3n) is 4.61. The number of carboxylic acid groups (broad SMARTS) is 2. The second kappa shape index (κ2) is 14.0. The molecule has 13 heteroatoms. The summed E-state index contributed by atoms with van der Waals surface area (Å²) in [6.45, 7) is 6.85. The molecule has 0 radical (unpaired) electrons. The van der Waals surface area contributed by atoms with Crippen molar-refractivity contribution in [3.8, 4) is 0 Å². The molecule has 4 atom stereocenters. The molecule has 13 nitrogen and oxygen atoms in total. The molecule has 0 fully saturated rings. The number of carbonyl (C=O) groups is 6. The van der Waals surface area contributed by atoms with Crippen molar-refractivity contribution in [2.24, 2.45) is 23.3 Å². The molecule has 0 bridgehead atoms. The minimum atomic E-state index is -1.38. The number of carboxylic acids is 2. The quantitative estimate of drug-likeness (QED) is 0.143. The lowest BCUT2D eigenvalue weighted by atomic mass is 9.99. The highest BCUT2D eigenvalue weighted by Gasteiger charge is 2.32. The number of hydrogen-bond donors (Lipinski definition) is 7. The maximum atomic E-state index is 12.9. The van der Waals surface area contributed by atoms with E-state index in [2.05, 4.69) is 16.0 Å². The van der Waals surface area contributed by atoms with E-state index in [4.69, 9.17) is 16.6 Å². The normalized spacial score (nSPS) is 14.6. The summed E-state index contributed by atoms with van der Waals surface area (Å²) in [6.07, 6.45) is -0.934. The average Bonchev–Trinajstić information content (AvgIpc) is 2.66. The van der Waals surface area contributed by atoms with Gasteiger partial charge in [-0.15, -0.1) is 0 Å². The Kier molecular flexibility index (Phi) is 12.7. The number of primary amides is 1. The molecule has 188 valence electrons. The number of aliphatic carboxylic acids is 2. The third-order valence-corrected chi connectivity index (χ3v) is 4.61. The number of hydrogen-bond acceptors (Lipinski definition) is 7. The SMILES string of the molecule is CC(C)CC(NC(=O)C(NC(=O)C(N)CC(=O)O)C(C)C)C(=O)NC(CCC(N)=O)C(=O)O. The molecule has 0 saturated carbocycles. The van der Waals surface area contributed by atoms with Crippen molar-refractivity contribution >= 4 is 35.6 Å². The van der Waals surface area contributed by atoms with E-state index in [-0.39, 0.29) is 25.2 Å². The van der Waals surface area contributed by atoms with E-state index in [1.165, 1.54) is 0 Å². The Labute approximate surface area is 192 Å². The first-order valence-electron chi connectivity index (χ1n) is 10.5. The number of nitrogens with one attached hydrogen (secondary N) is 3. The summed E-state index contributed by atoms with van der Waals surface area (Å²) in [7, 11) is 0. The maximum Gasteiger partial charge on any atom is 0.326 e. The molecular formula is C20H35N5O8. The van der Waals surface area contributed by atoms with Crippen LogP contribution >= 0.6 is 0 Å². The summed E-state index contributed by atoms with van der Waals surface area (Å²) in [5.41, 5.74) is 10.6. The molecule has 4 unspecified atom stereocenters. The molecule has 0 spiro atoms. The first-order valence-corrected chi connectivity index (χ1v) is 10.5. The van der Waals surface area contributed by atoms with Gasteiger partial charge in [-0.1, -0.05) is 27.7 Å². The van der Waals surface area contributed by atoms with Gasteiger partial charge in [0.2, 0.25) is 23.6 Å². The van der Waals surface area contributed by atoms with Crippen LogP contribution < -0.4 is 27.4 Å². The molecule has 4 amide bonds. The van der Waals surface area contributed by atoms with E-state index in [0.717, 1.165) is 0 Å². The van der Waals surface area contributed by atoms with Crippen molar-refractivity contribution < 1.29 is 39.0 Å². The summed E-state index contributed by atoms with van der Waals surface area (Å²) < 4.78 is 0. The van der Waals surface area contributed by atoms with Crippen LogP contribution in [0.3, 0.4) is 0 Å². The molecule has 0 aromatic rings. The lowest BCUT2D eigenvalue weighted by Gasteiger charge is -2.27. The Bertz CT molecular complexity index is 740. The molecular weight excluding hydrogens is 438 g/mol. The fourth-order valence-electron chi connectivity index (χ4n) is 2.86. The highest BCUT2D eigenvalue weighted by atomic mass is 16.4. The minimum absolute atomic E-state index is 0.0639. The summed E-state index contributed by atoms with van der Waals surface area (Å²) in [6, 6.07) is -5.00. The fourth-order valence-corrected chi connectivity index (χ4v) is 2.86. The molecule has 0 saturated heterocycles. The second-order valence-electron chi connectivity index (χ2n) is 8.53. The number of amides is 4. The van der Waals surface area contributed by atoms with E-state index in [9.17, 15) is 33.9 Å². The molecule has 0 aliphatic carbocycles. The van der Waals surface area contributed by atoms with Crippen LogP contribution in [0.2, 0.25) is 0 Å².